The second kappa shape index (κ2) is 7.20. The first kappa shape index (κ1) is 19.4. The van der Waals surface area contributed by atoms with Crippen molar-refractivity contribution < 1.29 is 4.42 Å². The normalized spacial score (nSPS) is 17.4. The van der Waals surface area contributed by atoms with Gasteiger partial charge in [0.2, 0.25) is 0 Å². The maximum Gasteiger partial charge on any atom is 0.134 e. The van der Waals surface area contributed by atoms with Crippen LogP contribution in [-0.4, -0.2) is 0 Å². The van der Waals surface area contributed by atoms with Crippen molar-refractivity contribution in [1.82, 2.24) is 0 Å². The molecule has 162 valence electrons. The van der Waals surface area contributed by atoms with Gasteiger partial charge in [0.1, 0.15) is 11.3 Å². The summed E-state index contributed by atoms with van der Waals surface area (Å²) in [6.45, 7) is 2.36. The van der Waals surface area contributed by atoms with Crippen LogP contribution in [0.4, 0.5) is 0 Å². The molecule has 0 aliphatic heterocycles. The highest BCUT2D eigenvalue weighted by Gasteiger charge is 2.39. The number of hydrogen-bond donors (Lipinski definition) is 0. The first-order valence-corrected chi connectivity index (χ1v) is 11.9. The van der Waals surface area contributed by atoms with Gasteiger partial charge in [-0.1, -0.05) is 109 Å². The average molecular weight is 437 g/mol. The first-order valence-electron chi connectivity index (χ1n) is 11.9. The molecule has 1 heteroatoms. The zero-order chi connectivity index (χ0) is 22.7. The molecule has 0 bridgehead atoms. The maximum absolute atomic E-state index is 6.62. The van der Waals surface area contributed by atoms with E-state index in [4.69, 9.17) is 4.42 Å². The van der Waals surface area contributed by atoms with Gasteiger partial charge in [0, 0.05) is 10.9 Å². The Balaban J connectivity index is 1.64. The van der Waals surface area contributed by atoms with Gasteiger partial charge in [-0.2, -0.15) is 0 Å². The zero-order valence-corrected chi connectivity index (χ0v) is 19.1. The van der Waals surface area contributed by atoms with Crippen molar-refractivity contribution in [3.8, 4) is 11.1 Å². The Morgan fingerprint density at radius 2 is 1.18 bits per heavy atom. The number of furan rings is 1. The molecule has 0 N–H and O–H groups in total. The SMILES string of the molecule is CC1(c2c3ccccc3c(-c3ccccc3)c3ccccc23)CC=Cc2c1oc1ccccc21. The second-order valence-electron chi connectivity index (χ2n) is 9.49. The predicted octanol–water partition coefficient (Wildman–Crippen LogP) is 9.13. The van der Waals surface area contributed by atoms with Gasteiger partial charge in [0.25, 0.3) is 0 Å². The maximum atomic E-state index is 6.62. The molecule has 1 atom stereocenters. The summed E-state index contributed by atoms with van der Waals surface area (Å²) in [4.78, 5) is 0. The lowest BCUT2D eigenvalue weighted by molar-refractivity contribution is 0.430. The van der Waals surface area contributed by atoms with Crippen molar-refractivity contribution >= 4 is 38.6 Å². The molecule has 1 unspecified atom stereocenters. The highest BCUT2D eigenvalue weighted by Crippen LogP contribution is 2.51. The van der Waals surface area contributed by atoms with E-state index in [9.17, 15) is 0 Å². The second-order valence-corrected chi connectivity index (χ2v) is 9.49. The van der Waals surface area contributed by atoms with E-state index in [1.54, 1.807) is 0 Å². The van der Waals surface area contributed by atoms with Crippen molar-refractivity contribution in [2.45, 2.75) is 18.8 Å². The standard InChI is InChI=1S/C33H24O/c1-33(21-11-19-28-23-14-9-10-20-29(23)34-32(28)33)31-26-17-7-5-15-24(26)30(22-12-3-2-4-13-22)25-16-6-8-18-27(25)31/h2-20H,21H2,1H3. The van der Waals surface area contributed by atoms with Crippen molar-refractivity contribution in [1.29, 1.82) is 0 Å². The average Bonchev–Trinajstić information content (AvgIpc) is 3.28. The summed E-state index contributed by atoms with van der Waals surface area (Å²) >= 11 is 0. The van der Waals surface area contributed by atoms with Crippen LogP contribution in [0.5, 0.6) is 0 Å². The Morgan fingerprint density at radius 3 is 1.85 bits per heavy atom. The molecule has 0 amide bonds. The number of allylic oxidation sites excluding steroid dienone is 1. The minimum absolute atomic E-state index is 0.280. The highest BCUT2D eigenvalue weighted by atomic mass is 16.3. The molecule has 34 heavy (non-hydrogen) atoms. The van der Waals surface area contributed by atoms with E-state index in [1.165, 1.54) is 49.2 Å². The van der Waals surface area contributed by atoms with Crippen LogP contribution in [0.3, 0.4) is 0 Å². The molecule has 0 radical (unpaired) electrons. The first-order chi connectivity index (χ1) is 16.8. The van der Waals surface area contributed by atoms with E-state index in [0.717, 1.165) is 17.8 Å². The van der Waals surface area contributed by atoms with Crippen molar-refractivity contribution in [2.24, 2.45) is 0 Å². The third-order valence-electron chi connectivity index (χ3n) is 7.49. The molecule has 1 heterocycles. The van der Waals surface area contributed by atoms with Crippen molar-refractivity contribution in [3.63, 3.8) is 0 Å². The van der Waals surface area contributed by atoms with Gasteiger partial charge in [-0.3, -0.25) is 0 Å². The molecule has 1 nitrogen and oxygen atoms in total. The minimum Gasteiger partial charge on any atom is -0.459 e. The van der Waals surface area contributed by atoms with Gasteiger partial charge in [0.15, 0.2) is 0 Å². The fraction of sp³-hybridized carbons (Fsp3) is 0.0909. The quantitative estimate of drug-likeness (QED) is 0.247. The van der Waals surface area contributed by atoms with Gasteiger partial charge in [0.05, 0.1) is 5.41 Å². The molecular formula is C33H24O. The van der Waals surface area contributed by atoms with Crippen LogP contribution in [0.1, 0.15) is 30.2 Å². The van der Waals surface area contributed by atoms with Crippen LogP contribution in [-0.2, 0) is 5.41 Å². The fourth-order valence-electron chi connectivity index (χ4n) is 6.00. The van der Waals surface area contributed by atoms with Crippen LogP contribution in [0.15, 0.2) is 114 Å². The van der Waals surface area contributed by atoms with E-state index in [-0.39, 0.29) is 5.41 Å². The van der Waals surface area contributed by atoms with E-state index in [2.05, 4.69) is 122 Å². The molecule has 5 aromatic carbocycles. The van der Waals surface area contributed by atoms with E-state index < -0.39 is 0 Å². The summed E-state index contributed by atoms with van der Waals surface area (Å²) in [5.74, 6) is 1.07. The molecular weight excluding hydrogens is 412 g/mol. The summed E-state index contributed by atoms with van der Waals surface area (Å²) in [6.07, 6.45) is 5.46. The summed E-state index contributed by atoms with van der Waals surface area (Å²) in [5, 5.41) is 6.36. The van der Waals surface area contributed by atoms with E-state index in [0.29, 0.717) is 0 Å². The lowest BCUT2D eigenvalue weighted by atomic mass is 9.69. The summed E-state index contributed by atoms with van der Waals surface area (Å²) in [7, 11) is 0. The molecule has 7 rings (SSSR count). The smallest absolute Gasteiger partial charge is 0.134 e. The Hall–Kier alpha value is -4.10. The number of fused-ring (bicyclic) bond motifs is 5. The Labute approximate surface area is 199 Å². The van der Waals surface area contributed by atoms with E-state index in [1.807, 2.05) is 0 Å². The topological polar surface area (TPSA) is 13.1 Å². The van der Waals surface area contributed by atoms with Crippen LogP contribution in [0.2, 0.25) is 0 Å². The lowest BCUT2D eigenvalue weighted by Crippen LogP contribution is -2.26. The summed E-state index contributed by atoms with van der Waals surface area (Å²) in [6, 6.07) is 36.9. The van der Waals surface area contributed by atoms with Crippen LogP contribution >= 0.6 is 0 Å². The number of para-hydroxylation sites is 1. The highest BCUT2D eigenvalue weighted by molar-refractivity contribution is 6.16. The third kappa shape index (κ3) is 2.61. The summed E-state index contributed by atoms with van der Waals surface area (Å²) < 4.78 is 6.62. The molecule has 1 aliphatic rings. The Bertz CT molecular complexity index is 1680. The van der Waals surface area contributed by atoms with Gasteiger partial charge in [-0.05, 0) is 57.6 Å². The molecule has 6 aromatic rings. The molecule has 0 fully saturated rings. The predicted molar refractivity (Wildman–Crippen MR) is 143 cm³/mol. The van der Waals surface area contributed by atoms with Crippen LogP contribution in [0.25, 0.3) is 49.7 Å². The number of benzene rings is 5. The largest absolute Gasteiger partial charge is 0.459 e. The Morgan fingerprint density at radius 1 is 0.618 bits per heavy atom. The molecule has 1 aromatic heterocycles. The molecule has 0 spiro atoms. The molecule has 0 saturated heterocycles. The molecule has 0 saturated carbocycles. The van der Waals surface area contributed by atoms with E-state index >= 15 is 0 Å². The van der Waals surface area contributed by atoms with Gasteiger partial charge in [-0.15, -0.1) is 0 Å². The molecule has 1 aliphatic carbocycles. The van der Waals surface area contributed by atoms with Gasteiger partial charge >= 0.3 is 0 Å². The van der Waals surface area contributed by atoms with Crippen molar-refractivity contribution in [2.75, 3.05) is 0 Å². The third-order valence-corrected chi connectivity index (χ3v) is 7.49. The minimum atomic E-state index is -0.280. The Kier molecular flexibility index (Phi) is 4.10. The summed E-state index contributed by atoms with van der Waals surface area (Å²) in [5.41, 5.74) is 5.79. The van der Waals surface area contributed by atoms with Gasteiger partial charge < -0.3 is 4.42 Å². The van der Waals surface area contributed by atoms with Crippen molar-refractivity contribution in [3.05, 3.63) is 126 Å². The number of rotatable bonds is 2. The van der Waals surface area contributed by atoms with Crippen LogP contribution in [0, 0.1) is 0 Å². The number of hydrogen-bond acceptors (Lipinski definition) is 1. The zero-order valence-electron chi connectivity index (χ0n) is 19.1. The van der Waals surface area contributed by atoms with Gasteiger partial charge in [-0.25, -0.2) is 0 Å². The van der Waals surface area contributed by atoms with Crippen LogP contribution < -0.4 is 0 Å². The monoisotopic (exact) mass is 436 g/mol. The lowest BCUT2D eigenvalue weighted by Gasteiger charge is -2.33. The fourth-order valence-corrected chi connectivity index (χ4v) is 6.00.